The Bertz CT molecular complexity index is 957. The summed E-state index contributed by atoms with van der Waals surface area (Å²) in [7, 11) is 4.51. The molecule has 2 aromatic carbocycles. The van der Waals surface area contributed by atoms with Crippen molar-refractivity contribution in [1.82, 2.24) is 15.5 Å². The van der Waals surface area contributed by atoms with Gasteiger partial charge in [0.2, 0.25) is 17.5 Å². The molecule has 152 valence electrons. The molecule has 0 unspecified atom stereocenters. The Morgan fingerprint density at radius 3 is 2.28 bits per heavy atom. The standard InChI is InChI=1S/C21H23N3O5/c1-13-5-7-14(8-6-13)20-23-18(29-24-20)9-10-22-21(25)15-11-16(26-2)19(28-4)17(12-15)27-3/h5-8,11-12H,9-10H2,1-4H3,(H,22,25). The van der Waals surface area contributed by atoms with Gasteiger partial charge in [-0.3, -0.25) is 4.79 Å². The highest BCUT2D eigenvalue weighted by Gasteiger charge is 2.17. The summed E-state index contributed by atoms with van der Waals surface area (Å²) < 4.78 is 21.1. The van der Waals surface area contributed by atoms with Crippen LogP contribution in [0.1, 0.15) is 21.8 Å². The Hall–Kier alpha value is -3.55. The van der Waals surface area contributed by atoms with Crippen molar-refractivity contribution in [3.63, 3.8) is 0 Å². The smallest absolute Gasteiger partial charge is 0.251 e. The molecule has 1 amide bonds. The van der Waals surface area contributed by atoms with Gasteiger partial charge in [-0.1, -0.05) is 35.0 Å². The fourth-order valence-corrected chi connectivity index (χ4v) is 2.77. The van der Waals surface area contributed by atoms with Crippen molar-refractivity contribution >= 4 is 5.91 Å². The maximum absolute atomic E-state index is 12.5. The van der Waals surface area contributed by atoms with Crippen LogP contribution in [0.25, 0.3) is 11.4 Å². The average molecular weight is 397 g/mol. The Morgan fingerprint density at radius 2 is 1.69 bits per heavy atom. The van der Waals surface area contributed by atoms with Crippen LogP contribution < -0.4 is 19.5 Å². The van der Waals surface area contributed by atoms with Crippen LogP contribution in [0.2, 0.25) is 0 Å². The van der Waals surface area contributed by atoms with E-state index in [0.717, 1.165) is 11.1 Å². The summed E-state index contributed by atoms with van der Waals surface area (Å²) in [5.74, 6) is 1.96. The van der Waals surface area contributed by atoms with Crippen molar-refractivity contribution in [2.75, 3.05) is 27.9 Å². The number of aryl methyl sites for hydroxylation is 1. The van der Waals surface area contributed by atoms with Crippen LogP contribution in [0.4, 0.5) is 0 Å². The number of benzene rings is 2. The predicted molar refractivity (Wildman–Crippen MR) is 107 cm³/mol. The number of nitrogens with zero attached hydrogens (tertiary/aromatic N) is 2. The molecule has 1 N–H and O–H groups in total. The third-order valence-electron chi connectivity index (χ3n) is 4.33. The van der Waals surface area contributed by atoms with E-state index in [1.807, 2.05) is 31.2 Å². The summed E-state index contributed by atoms with van der Waals surface area (Å²) in [6.45, 7) is 2.35. The van der Waals surface area contributed by atoms with E-state index < -0.39 is 0 Å². The zero-order chi connectivity index (χ0) is 20.8. The first kappa shape index (κ1) is 20.2. The number of nitrogens with one attached hydrogen (secondary N) is 1. The quantitative estimate of drug-likeness (QED) is 0.624. The van der Waals surface area contributed by atoms with Crippen molar-refractivity contribution in [3.05, 3.63) is 53.4 Å². The van der Waals surface area contributed by atoms with E-state index in [0.29, 0.717) is 47.5 Å². The normalized spacial score (nSPS) is 10.5. The lowest BCUT2D eigenvalue weighted by molar-refractivity contribution is 0.0952. The SMILES string of the molecule is COc1cc(C(=O)NCCc2nc(-c3ccc(C)cc3)no2)cc(OC)c1OC. The highest BCUT2D eigenvalue weighted by atomic mass is 16.5. The minimum absolute atomic E-state index is 0.275. The van der Waals surface area contributed by atoms with Gasteiger partial charge in [0.1, 0.15) is 0 Å². The molecule has 0 radical (unpaired) electrons. The summed E-state index contributed by atoms with van der Waals surface area (Å²) in [5, 5.41) is 6.82. The first-order valence-corrected chi connectivity index (χ1v) is 9.03. The predicted octanol–water partition coefficient (Wildman–Crippen LogP) is 3.04. The van der Waals surface area contributed by atoms with Gasteiger partial charge in [0.25, 0.3) is 5.91 Å². The van der Waals surface area contributed by atoms with Crippen LogP contribution in [0.5, 0.6) is 17.2 Å². The molecule has 0 fully saturated rings. The maximum atomic E-state index is 12.5. The molecular formula is C21H23N3O5. The van der Waals surface area contributed by atoms with Gasteiger partial charge < -0.3 is 24.1 Å². The fourth-order valence-electron chi connectivity index (χ4n) is 2.77. The van der Waals surface area contributed by atoms with E-state index in [4.69, 9.17) is 18.7 Å². The number of ether oxygens (including phenoxy) is 3. The van der Waals surface area contributed by atoms with Crippen LogP contribution in [0.3, 0.4) is 0 Å². The molecule has 0 aliphatic carbocycles. The number of aromatic nitrogens is 2. The van der Waals surface area contributed by atoms with Crippen LogP contribution in [0, 0.1) is 6.92 Å². The zero-order valence-electron chi connectivity index (χ0n) is 16.8. The molecule has 0 aliphatic rings. The molecule has 29 heavy (non-hydrogen) atoms. The second kappa shape index (κ2) is 9.09. The second-order valence-electron chi connectivity index (χ2n) is 6.30. The van der Waals surface area contributed by atoms with Gasteiger partial charge in [0, 0.05) is 24.1 Å². The third-order valence-corrected chi connectivity index (χ3v) is 4.33. The third kappa shape index (κ3) is 4.66. The first-order valence-electron chi connectivity index (χ1n) is 9.03. The second-order valence-corrected chi connectivity index (χ2v) is 6.30. The Morgan fingerprint density at radius 1 is 1.03 bits per heavy atom. The van der Waals surface area contributed by atoms with E-state index in [1.165, 1.54) is 21.3 Å². The summed E-state index contributed by atoms with van der Waals surface area (Å²) in [5.41, 5.74) is 2.43. The zero-order valence-corrected chi connectivity index (χ0v) is 16.8. The molecular weight excluding hydrogens is 374 g/mol. The van der Waals surface area contributed by atoms with Crippen LogP contribution >= 0.6 is 0 Å². The number of methoxy groups -OCH3 is 3. The monoisotopic (exact) mass is 397 g/mol. The van der Waals surface area contributed by atoms with Gasteiger partial charge >= 0.3 is 0 Å². The number of rotatable bonds is 8. The molecule has 1 heterocycles. The Labute approximate surface area is 168 Å². The molecule has 0 spiro atoms. The summed E-state index contributed by atoms with van der Waals surface area (Å²) in [4.78, 5) is 16.9. The molecule has 0 saturated heterocycles. The summed E-state index contributed by atoms with van der Waals surface area (Å²) in [6, 6.07) is 11.1. The number of amides is 1. The van der Waals surface area contributed by atoms with Crippen molar-refractivity contribution in [2.45, 2.75) is 13.3 Å². The highest BCUT2D eigenvalue weighted by molar-refractivity contribution is 5.95. The molecule has 3 rings (SSSR count). The lowest BCUT2D eigenvalue weighted by Gasteiger charge is -2.14. The first-order chi connectivity index (χ1) is 14.0. The highest BCUT2D eigenvalue weighted by Crippen LogP contribution is 2.38. The minimum Gasteiger partial charge on any atom is -0.493 e. The summed E-state index contributed by atoms with van der Waals surface area (Å²) >= 11 is 0. The van der Waals surface area contributed by atoms with E-state index in [1.54, 1.807) is 12.1 Å². The molecule has 0 saturated carbocycles. The average Bonchev–Trinajstić information content (AvgIpc) is 3.21. The van der Waals surface area contributed by atoms with Gasteiger partial charge in [-0.05, 0) is 19.1 Å². The lowest BCUT2D eigenvalue weighted by atomic mass is 10.1. The summed E-state index contributed by atoms with van der Waals surface area (Å²) in [6.07, 6.45) is 0.412. The van der Waals surface area contributed by atoms with Crippen molar-refractivity contribution in [3.8, 4) is 28.6 Å². The fraction of sp³-hybridized carbons (Fsp3) is 0.286. The van der Waals surface area contributed by atoms with Gasteiger partial charge in [-0.15, -0.1) is 0 Å². The van der Waals surface area contributed by atoms with Crippen LogP contribution in [0.15, 0.2) is 40.9 Å². The van der Waals surface area contributed by atoms with Crippen molar-refractivity contribution < 1.29 is 23.5 Å². The van der Waals surface area contributed by atoms with E-state index in [9.17, 15) is 4.79 Å². The molecule has 0 aliphatic heterocycles. The van der Waals surface area contributed by atoms with E-state index in [2.05, 4.69) is 15.5 Å². The Kier molecular flexibility index (Phi) is 6.33. The number of hydrogen-bond donors (Lipinski definition) is 1. The van der Waals surface area contributed by atoms with E-state index in [-0.39, 0.29) is 5.91 Å². The van der Waals surface area contributed by atoms with Gasteiger partial charge in [-0.2, -0.15) is 4.98 Å². The molecule has 1 aromatic heterocycles. The molecule has 8 heteroatoms. The number of carbonyl (C=O) groups is 1. The van der Waals surface area contributed by atoms with E-state index >= 15 is 0 Å². The molecule has 0 bridgehead atoms. The topological polar surface area (TPSA) is 95.7 Å². The Balaban J connectivity index is 1.62. The lowest BCUT2D eigenvalue weighted by Crippen LogP contribution is -2.25. The number of carbonyl (C=O) groups excluding carboxylic acids is 1. The number of hydrogen-bond acceptors (Lipinski definition) is 7. The molecule has 0 atom stereocenters. The van der Waals surface area contributed by atoms with Gasteiger partial charge in [0.05, 0.1) is 21.3 Å². The molecule has 3 aromatic rings. The van der Waals surface area contributed by atoms with Crippen molar-refractivity contribution in [1.29, 1.82) is 0 Å². The maximum Gasteiger partial charge on any atom is 0.251 e. The molecule has 8 nitrogen and oxygen atoms in total. The van der Waals surface area contributed by atoms with Crippen LogP contribution in [-0.4, -0.2) is 43.9 Å². The van der Waals surface area contributed by atoms with Gasteiger partial charge in [0.15, 0.2) is 11.5 Å². The van der Waals surface area contributed by atoms with Crippen molar-refractivity contribution in [2.24, 2.45) is 0 Å². The van der Waals surface area contributed by atoms with Crippen LogP contribution in [-0.2, 0) is 6.42 Å². The minimum atomic E-state index is -0.275. The van der Waals surface area contributed by atoms with Gasteiger partial charge in [-0.25, -0.2) is 0 Å². The largest absolute Gasteiger partial charge is 0.493 e.